The highest BCUT2D eigenvalue weighted by atomic mass is 35.5. The third-order valence-electron chi connectivity index (χ3n) is 3.87. The molecule has 9 nitrogen and oxygen atoms in total. The molecule has 0 aliphatic carbocycles. The molecule has 0 saturated carbocycles. The number of hydrogen-bond acceptors (Lipinski definition) is 5. The highest BCUT2D eigenvalue weighted by Gasteiger charge is 2.17. The molecule has 4 aromatic rings. The van der Waals surface area contributed by atoms with Crippen molar-refractivity contribution in [1.29, 1.82) is 0 Å². The van der Waals surface area contributed by atoms with Crippen LogP contribution in [0.5, 0.6) is 0 Å². The van der Waals surface area contributed by atoms with Crippen LogP contribution in [0.1, 0.15) is 16.2 Å². The van der Waals surface area contributed by atoms with E-state index in [0.29, 0.717) is 27.3 Å². The maximum absolute atomic E-state index is 12.4. The quantitative estimate of drug-likeness (QED) is 0.423. The van der Waals surface area contributed by atoms with Crippen molar-refractivity contribution in [2.45, 2.75) is 6.54 Å². The molecule has 0 atom stereocenters. The summed E-state index contributed by atoms with van der Waals surface area (Å²) in [6.45, 7) is 0.182. The van der Waals surface area contributed by atoms with Gasteiger partial charge in [-0.1, -0.05) is 11.6 Å². The van der Waals surface area contributed by atoms with E-state index in [1.54, 1.807) is 28.9 Å². The fraction of sp³-hybridized carbons (Fsp3) is 0.0625. The van der Waals surface area contributed by atoms with Gasteiger partial charge in [-0.3, -0.25) is 20.0 Å². The Bertz CT molecular complexity index is 1170. The number of hydrogen-bond donors (Lipinski definition) is 2. The summed E-state index contributed by atoms with van der Waals surface area (Å²) in [4.78, 5) is 27.2. The molecule has 0 saturated heterocycles. The lowest BCUT2D eigenvalue weighted by Crippen LogP contribution is -2.23. The average Bonchev–Trinajstić information content (AvgIpc) is 3.22. The molecule has 4 rings (SSSR count). The van der Waals surface area contributed by atoms with E-state index in [4.69, 9.17) is 11.6 Å². The number of non-ortho nitro benzene ring substituents is 1. The lowest BCUT2D eigenvalue weighted by Gasteiger charge is -2.00. The molecule has 0 radical (unpaired) electrons. The standard InChI is InChI=1S/C16H11ClN6O3/c17-9-1-4-14-19-10(8-22(14)7-9)6-18-16(24)15-12-5-11(23(25)26)2-3-13(12)20-21-15/h1-5,7-8H,6H2,(H,18,24)(H,20,21). The lowest BCUT2D eigenvalue weighted by molar-refractivity contribution is -0.384. The van der Waals surface area contributed by atoms with Gasteiger partial charge < -0.3 is 9.72 Å². The Kier molecular flexibility index (Phi) is 3.77. The van der Waals surface area contributed by atoms with Crippen molar-refractivity contribution in [2.75, 3.05) is 0 Å². The van der Waals surface area contributed by atoms with E-state index >= 15 is 0 Å². The fourth-order valence-corrected chi connectivity index (χ4v) is 2.81. The first-order chi connectivity index (χ1) is 12.5. The number of carbonyl (C=O) groups is 1. The Morgan fingerprint density at radius 3 is 2.96 bits per heavy atom. The van der Waals surface area contributed by atoms with Gasteiger partial charge in [0, 0.05) is 29.9 Å². The molecule has 0 aliphatic heterocycles. The zero-order valence-corrected chi connectivity index (χ0v) is 13.9. The zero-order valence-electron chi connectivity index (χ0n) is 13.1. The summed E-state index contributed by atoms with van der Waals surface area (Å²) in [6.07, 6.45) is 3.48. The van der Waals surface area contributed by atoms with Crippen LogP contribution in [0.25, 0.3) is 16.6 Å². The topological polar surface area (TPSA) is 118 Å². The number of amides is 1. The first kappa shape index (κ1) is 16.0. The Hall–Kier alpha value is -3.46. The molecule has 1 amide bonds. The summed E-state index contributed by atoms with van der Waals surface area (Å²) in [7, 11) is 0. The van der Waals surface area contributed by atoms with E-state index in [9.17, 15) is 14.9 Å². The van der Waals surface area contributed by atoms with E-state index in [2.05, 4.69) is 20.5 Å². The molecule has 26 heavy (non-hydrogen) atoms. The number of aromatic nitrogens is 4. The van der Waals surface area contributed by atoms with E-state index in [1.807, 2.05) is 0 Å². The zero-order chi connectivity index (χ0) is 18.3. The number of rotatable bonds is 4. The molecular formula is C16H11ClN6O3. The van der Waals surface area contributed by atoms with Gasteiger partial charge in [-0.05, 0) is 18.2 Å². The van der Waals surface area contributed by atoms with Gasteiger partial charge in [-0.25, -0.2) is 4.98 Å². The highest BCUT2D eigenvalue weighted by molar-refractivity contribution is 6.30. The predicted octanol–water partition coefficient (Wildman–Crippen LogP) is 2.70. The number of pyridine rings is 1. The van der Waals surface area contributed by atoms with Crippen molar-refractivity contribution in [3.63, 3.8) is 0 Å². The van der Waals surface area contributed by atoms with Gasteiger partial charge in [0.1, 0.15) is 5.65 Å². The van der Waals surface area contributed by atoms with E-state index in [-0.39, 0.29) is 17.9 Å². The van der Waals surface area contributed by atoms with Gasteiger partial charge in [0.25, 0.3) is 11.6 Å². The number of fused-ring (bicyclic) bond motifs is 2. The SMILES string of the molecule is O=C(NCc1cn2cc(Cl)ccc2n1)c1n[nH]c2ccc([N+](=O)[O-])cc12. The summed E-state index contributed by atoms with van der Waals surface area (Å²) < 4.78 is 1.76. The molecule has 0 fully saturated rings. The Morgan fingerprint density at radius 2 is 2.15 bits per heavy atom. The van der Waals surface area contributed by atoms with Crippen LogP contribution in [0, 0.1) is 10.1 Å². The maximum Gasteiger partial charge on any atom is 0.272 e. The molecule has 0 bridgehead atoms. The summed E-state index contributed by atoms with van der Waals surface area (Å²) >= 11 is 5.94. The predicted molar refractivity (Wildman–Crippen MR) is 94.1 cm³/mol. The molecular weight excluding hydrogens is 360 g/mol. The van der Waals surface area contributed by atoms with Gasteiger partial charge in [0.2, 0.25) is 0 Å². The van der Waals surface area contributed by atoms with E-state index in [1.165, 1.54) is 18.2 Å². The number of halogens is 1. The van der Waals surface area contributed by atoms with Crippen LogP contribution in [0.2, 0.25) is 5.02 Å². The van der Waals surface area contributed by atoms with E-state index in [0.717, 1.165) is 0 Å². The van der Waals surface area contributed by atoms with Crippen molar-refractivity contribution < 1.29 is 9.72 Å². The number of imidazole rings is 1. The molecule has 2 N–H and O–H groups in total. The van der Waals surface area contributed by atoms with Crippen LogP contribution in [0.3, 0.4) is 0 Å². The molecule has 10 heteroatoms. The number of carbonyl (C=O) groups excluding carboxylic acids is 1. The number of H-pyrrole nitrogens is 1. The number of nitro benzene ring substituents is 1. The second-order valence-corrected chi connectivity index (χ2v) is 6.02. The van der Waals surface area contributed by atoms with Crippen LogP contribution < -0.4 is 5.32 Å². The molecule has 0 aliphatic rings. The Labute approximate surface area is 150 Å². The van der Waals surface area contributed by atoms with Crippen molar-refractivity contribution in [3.05, 3.63) is 69.3 Å². The summed E-state index contributed by atoms with van der Waals surface area (Å²) in [6, 6.07) is 7.69. The second kappa shape index (κ2) is 6.12. The first-order valence-corrected chi connectivity index (χ1v) is 7.93. The first-order valence-electron chi connectivity index (χ1n) is 7.55. The number of nitrogens with zero attached hydrogens (tertiary/aromatic N) is 4. The molecule has 130 valence electrons. The van der Waals surface area contributed by atoms with Gasteiger partial charge in [0.15, 0.2) is 5.69 Å². The van der Waals surface area contributed by atoms with Gasteiger partial charge in [0.05, 0.1) is 27.7 Å². The van der Waals surface area contributed by atoms with Crippen LogP contribution in [-0.4, -0.2) is 30.4 Å². The van der Waals surface area contributed by atoms with Gasteiger partial charge in [-0.15, -0.1) is 0 Å². The van der Waals surface area contributed by atoms with Crippen molar-refractivity contribution in [2.24, 2.45) is 0 Å². The minimum atomic E-state index is -0.518. The second-order valence-electron chi connectivity index (χ2n) is 5.59. The minimum Gasteiger partial charge on any atom is -0.345 e. The van der Waals surface area contributed by atoms with Gasteiger partial charge in [-0.2, -0.15) is 5.10 Å². The number of aromatic amines is 1. The molecule has 1 aromatic carbocycles. The van der Waals surface area contributed by atoms with E-state index < -0.39 is 10.8 Å². The molecule has 3 aromatic heterocycles. The summed E-state index contributed by atoms with van der Waals surface area (Å²) in [5, 5.41) is 21.3. The maximum atomic E-state index is 12.4. The highest BCUT2D eigenvalue weighted by Crippen LogP contribution is 2.22. The summed E-state index contributed by atoms with van der Waals surface area (Å²) in [5.74, 6) is -0.452. The number of benzene rings is 1. The Balaban J connectivity index is 1.56. The molecule has 0 unspecified atom stereocenters. The largest absolute Gasteiger partial charge is 0.345 e. The van der Waals surface area contributed by atoms with Gasteiger partial charge >= 0.3 is 0 Å². The molecule has 3 heterocycles. The third-order valence-corrected chi connectivity index (χ3v) is 4.09. The minimum absolute atomic E-state index is 0.0931. The monoisotopic (exact) mass is 370 g/mol. The van der Waals surface area contributed by atoms with Crippen LogP contribution in [0.15, 0.2) is 42.7 Å². The van der Waals surface area contributed by atoms with Crippen molar-refractivity contribution >= 4 is 39.7 Å². The summed E-state index contributed by atoms with van der Waals surface area (Å²) in [5.41, 5.74) is 1.88. The number of nitrogens with one attached hydrogen (secondary N) is 2. The Morgan fingerprint density at radius 1 is 1.31 bits per heavy atom. The molecule has 0 spiro atoms. The fourth-order valence-electron chi connectivity index (χ4n) is 2.65. The lowest BCUT2D eigenvalue weighted by atomic mass is 10.2. The average molecular weight is 371 g/mol. The van der Waals surface area contributed by atoms with Crippen LogP contribution in [-0.2, 0) is 6.54 Å². The third kappa shape index (κ3) is 2.84. The smallest absolute Gasteiger partial charge is 0.272 e. The van der Waals surface area contributed by atoms with Crippen LogP contribution >= 0.6 is 11.6 Å². The van der Waals surface area contributed by atoms with Crippen molar-refractivity contribution in [3.8, 4) is 0 Å². The van der Waals surface area contributed by atoms with Crippen molar-refractivity contribution in [1.82, 2.24) is 24.9 Å². The number of nitro groups is 1. The van der Waals surface area contributed by atoms with Crippen LogP contribution in [0.4, 0.5) is 5.69 Å². The normalized spacial score (nSPS) is 11.1.